The summed E-state index contributed by atoms with van der Waals surface area (Å²) in [5.41, 5.74) is 0. The second kappa shape index (κ2) is 7.04. The van der Waals surface area contributed by atoms with Gasteiger partial charge in [0.05, 0.1) is 26.4 Å². The van der Waals surface area contributed by atoms with Crippen LogP contribution < -0.4 is 0 Å². The van der Waals surface area contributed by atoms with Gasteiger partial charge in [-0.3, -0.25) is 14.5 Å². The number of carbonyl (C=O) groups is 2. The van der Waals surface area contributed by atoms with Gasteiger partial charge in [-0.2, -0.15) is 0 Å². The van der Waals surface area contributed by atoms with Crippen molar-refractivity contribution in [1.29, 1.82) is 0 Å². The number of esters is 1. The maximum Gasteiger partial charge on any atom is 0.323 e. The molecular formula is C14H24N2O4. The third-order valence-electron chi connectivity index (χ3n) is 4.02. The molecule has 1 amide bonds. The van der Waals surface area contributed by atoms with E-state index in [2.05, 4.69) is 0 Å². The van der Waals surface area contributed by atoms with Gasteiger partial charge in [-0.1, -0.05) is 6.42 Å². The zero-order valence-corrected chi connectivity index (χ0v) is 12.3. The van der Waals surface area contributed by atoms with Crippen LogP contribution in [0.3, 0.4) is 0 Å². The fourth-order valence-electron chi connectivity index (χ4n) is 2.90. The lowest BCUT2D eigenvalue weighted by molar-refractivity contribution is -0.150. The lowest BCUT2D eigenvalue weighted by Crippen LogP contribution is -2.52. The summed E-state index contributed by atoms with van der Waals surface area (Å²) in [6.45, 7) is 4.91. The quantitative estimate of drug-likeness (QED) is 0.696. The summed E-state index contributed by atoms with van der Waals surface area (Å²) < 4.78 is 10.3. The van der Waals surface area contributed by atoms with Crippen LogP contribution in [0.4, 0.5) is 0 Å². The van der Waals surface area contributed by atoms with E-state index in [0.29, 0.717) is 26.2 Å². The van der Waals surface area contributed by atoms with Crippen LogP contribution in [0.2, 0.25) is 0 Å². The Bertz CT molecular complexity index is 361. The lowest BCUT2D eigenvalue weighted by Gasteiger charge is -2.36. The van der Waals surface area contributed by atoms with E-state index in [1.54, 1.807) is 0 Å². The van der Waals surface area contributed by atoms with E-state index < -0.39 is 0 Å². The summed E-state index contributed by atoms with van der Waals surface area (Å²) in [5.74, 6) is -0.149. The van der Waals surface area contributed by atoms with Crippen molar-refractivity contribution >= 4 is 11.9 Å². The molecule has 2 fully saturated rings. The number of rotatable bonds is 3. The predicted octanol–water partition coefficient (Wildman–Crippen LogP) is 0.261. The Morgan fingerprint density at radius 1 is 1.30 bits per heavy atom. The molecule has 20 heavy (non-hydrogen) atoms. The van der Waals surface area contributed by atoms with Crippen molar-refractivity contribution in [3.8, 4) is 0 Å². The summed E-state index contributed by atoms with van der Waals surface area (Å²) in [6, 6.07) is -0.267. The molecule has 0 bridgehead atoms. The van der Waals surface area contributed by atoms with Gasteiger partial charge in [0.2, 0.25) is 5.91 Å². The highest BCUT2D eigenvalue weighted by molar-refractivity contribution is 5.80. The number of morpholine rings is 1. The van der Waals surface area contributed by atoms with Crippen molar-refractivity contribution in [2.75, 3.05) is 39.9 Å². The van der Waals surface area contributed by atoms with Crippen LogP contribution >= 0.6 is 0 Å². The molecule has 0 aliphatic carbocycles. The first-order valence-corrected chi connectivity index (χ1v) is 7.33. The molecule has 0 saturated carbocycles. The van der Waals surface area contributed by atoms with Crippen molar-refractivity contribution in [2.45, 2.75) is 38.3 Å². The van der Waals surface area contributed by atoms with Gasteiger partial charge in [0.15, 0.2) is 0 Å². The lowest BCUT2D eigenvalue weighted by atomic mass is 10.0. The zero-order valence-electron chi connectivity index (χ0n) is 12.3. The third-order valence-corrected chi connectivity index (χ3v) is 4.02. The number of ether oxygens (including phenoxy) is 2. The van der Waals surface area contributed by atoms with Gasteiger partial charge in [0.25, 0.3) is 0 Å². The van der Waals surface area contributed by atoms with Gasteiger partial charge in [0.1, 0.15) is 6.04 Å². The summed E-state index contributed by atoms with van der Waals surface area (Å²) in [4.78, 5) is 27.9. The average Bonchev–Trinajstić information content (AvgIpc) is 2.47. The molecule has 114 valence electrons. The molecule has 6 nitrogen and oxygen atoms in total. The van der Waals surface area contributed by atoms with Crippen LogP contribution in [-0.2, 0) is 19.1 Å². The SMILES string of the molecule is COC(=O)[C@H]1CCCCN1CC(=O)N1CCO[C@@H](C)C1. The van der Waals surface area contributed by atoms with E-state index in [0.717, 1.165) is 25.8 Å². The first-order chi connectivity index (χ1) is 9.61. The largest absolute Gasteiger partial charge is 0.468 e. The van der Waals surface area contributed by atoms with Crippen LogP contribution in [0.25, 0.3) is 0 Å². The van der Waals surface area contributed by atoms with Crippen LogP contribution in [-0.4, -0.2) is 73.7 Å². The highest BCUT2D eigenvalue weighted by Gasteiger charge is 2.32. The zero-order chi connectivity index (χ0) is 14.5. The fraction of sp³-hybridized carbons (Fsp3) is 0.857. The Morgan fingerprint density at radius 3 is 2.80 bits per heavy atom. The number of amides is 1. The Morgan fingerprint density at radius 2 is 2.10 bits per heavy atom. The summed E-state index contributed by atoms with van der Waals surface area (Å²) in [6.07, 6.45) is 2.91. The van der Waals surface area contributed by atoms with E-state index in [9.17, 15) is 9.59 Å². The van der Waals surface area contributed by atoms with Crippen molar-refractivity contribution in [3.05, 3.63) is 0 Å². The Hall–Kier alpha value is -1.14. The number of likely N-dealkylation sites (tertiary alicyclic amines) is 1. The van der Waals surface area contributed by atoms with Gasteiger partial charge >= 0.3 is 5.97 Å². The molecular weight excluding hydrogens is 260 g/mol. The number of carbonyl (C=O) groups excluding carboxylic acids is 2. The highest BCUT2D eigenvalue weighted by atomic mass is 16.5. The van der Waals surface area contributed by atoms with E-state index in [4.69, 9.17) is 9.47 Å². The number of nitrogens with zero attached hydrogens (tertiary/aromatic N) is 2. The van der Waals surface area contributed by atoms with Crippen LogP contribution in [0.15, 0.2) is 0 Å². The predicted molar refractivity (Wildman–Crippen MR) is 73.2 cm³/mol. The molecule has 0 unspecified atom stereocenters. The van der Waals surface area contributed by atoms with Crippen molar-refractivity contribution in [2.24, 2.45) is 0 Å². The molecule has 0 radical (unpaired) electrons. The Labute approximate surface area is 120 Å². The Balaban J connectivity index is 1.92. The second-order valence-electron chi connectivity index (χ2n) is 5.53. The highest BCUT2D eigenvalue weighted by Crippen LogP contribution is 2.18. The number of hydrogen-bond acceptors (Lipinski definition) is 5. The molecule has 2 saturated heterocycles. The van der Waals surface area contributed by atoms with E-state index in [1.807, 2.05) is 16.7 Å². The molecule has 0 N–H and O–H groups in total. The van der Waals surface area contributed by atoms with Crippen LogP contribution in [0.1, 0.15) is 26.2 Å². The number of piperidine rings is 1. The maximum atomic E-state index is 12.3. The normalized spacial score (nSPS) is 28.2. The second-order valence-corrected chi connectivity index (χ2v) is 5.53. The van der Waals surface area contributed by atoms with Gasteiger partial charge in [-0.05, 0) is 26.3 Å². The monoisotopic (exact) mass is 284 g/mol. The summed E-state index contributed by atoms with van der Waals surface area (Å²) in [7, 11) is 1.40. The van der Waals surface area contributed by atoms with Crippen molar-refractivity contribution < 1.29 is 19.1 Å². The minimum atomic E-state index is -0.267. The van der Waals surface area contributed by atoms with Gasteiger partial charge < -0.3 is 14.4 Å². The topological polar surface area (TPSA) is 59.1 Å². The first kappa shape index (κ1) is 15.3. The van der Waals surface area contributed by atoms with Gasteiger partial charge in [-0.25, -0.2) is 0 Å². The van der Waals surface area contributed by atoms with Crippen molar-refractivity contribution in [1.82, 2.24) is 9.80 Å². The van der Waals surface area contributed by atoms with Crippen LogP contribution in [0.5, 0.6) is 0 Å². The Kier molecular flexibility index (Phi) is 5.37. The van der Waals surface area contributed by atoms with E-state index in [1.165, 1.54) is 7.11 Å². The molecule has 0 aromatic carbocycles. The van der Waals surface area contributed by atoms with Crippen LogP contribution in [0, 0.1) is 0 Å². The molecule has 2 aliphatic rings. The minimum absolute atomic E-state index is 0.0796. The van der Waals surface area contributed by atoms with E-state index in [-0.39, 0.29) is 24.0 Å². The summed E-state index contributed by atoms with van der Waals surface area (Å²) in [5, 5.41) is 0. The maximum absolute atomic E-state index is 12.3. The fourth-order valence-corrected chi connectivity index (χ4v) is 2.90. The molecule has 2 heterocycles. The standard InChI is InChI=1S/C14H24N2O4/c1-11-9-16(7-8-20-11)13(17)10-15-6-4-3-5-12(15)14(18)19-2/h11-12H,3-10H2,1-2H3/t11-,12+/m0/s1. The molecule has 2 aliphatic heterocycles. The first-order valence-electron chi connectivity index (χ1n) is 7.33. The molecule has 2 rings (SSSR count). The molecule has 6 heteroatoms. The number of hydrogen-bond donors (Lipinski definition) is 0. The molecule has 2 atom stereocenters. The smallest absolute Gasteiger partial charge is 0.323 e. The third kappa shape index (κ3) is 3.70. The summed E-state index contributed by atoms with van der Waals surface area (Å²) >= 11 is 0. The minimum Gasteiger partial charge on any atom is -0.468 e. The molecule has 0 aromatic heterocycles. The van der Waals surface area contributed by atoms with E-state index >= 15 is 0 Å². The van der Waals surface area contributed by atoms with Gasteiger partial charge in [0, 0.05) is 13.1 Å². The van der Waals surface area contributed by atoms with Crippen molar-refractivity contribution in [3.63, 3.8) is 0 Å². The number of methoxy groups -OCH3 is 1. The average molecular weight is 284 g/mol. The van der Waals surface area contributed by atoms with Gasteiger partial charge in [-0.15, -0.1) is 0 Å². The molecule has 0 spiro atoms. The molecule has 0 aromatic rings.